The number of esters is 1. The number of nitrogens with zero attached hydrogens (tertiary/aromatic N) is 1. The van der Waals surface area contributed by atoms with E-state index in [-0.39, 0.29) is 12.0 Å². The minimum atomic E-state index is -0.0968. The van der Waals surface area contributed by atoms with Crippen molar-refractivity contribution in [2.45, 2.75) is 58.5 Å². The van der Waals surface area contributed by atoms with E-state index in [2.05, 4.69) is 24.1 Å². The van der Waals surface area contributed by atoms with Crippen LogP contribution in [0.15, 0.2) is 0 Å². The van der Waals surface area contributed by atoms with E-state index < -0.39 is 0 Å². The molecule has 4 nitrogen and oxygen atoms in total. The van der Waals surface area contributed by atoms with Crippen molar-refractivity contribution in [3.8, 4) is 0 Å². The van der Waals surface area contributed by atoms with Crippen LogP contribution in [-0.4, -0.2) is 49.2 Å². The number of ether oxygens (including phenoxy) is 1. The Bertz CT molecular complexity index is 246. The first-order valence-corrected chi connectivity index (χ1v) is 7.37. The molecule has 4 heteroatoms. The molecule has 2 atom stereocenters. The summed E-state index contributed by atoms with van der Waals surface area (Å²) in [4.78, 5) is 14.4. The number of piperazine rings is 1. The predicted molar refractivity (Wildman–Crippen MR) is 73.6 cm³/mol. The van der Waals surface area contributed by atoms with Crippen LogP contribution < -0.4 is 5.32 Å². The van der Waals surface area contributed by atoms with Gasteiger partial charge in [-0.05, 0) is 19.8 Å². The maximum Gasteiger partial charge on any atom is 0.324 e. The number of hydrogen-bond donors (Lipinski definition) is 1. The molecule has 0 saturated carbocycles. The number of rotatable bonds is 7. The van der Waals surface area contributed by atoms with Crippen molar-refractivity contribution in [3.63, 3.8) is 0 Å². The topological polar surface area (TPSA) is 41.6 Å². The molecule has 1 heterocycles. The van der Waals surface area contributed by atoms with Crippen LogP contribution in [0.5, 0.6) is 0 Å². The fourth-order valence-electron chi connectivity index (χ4n) is 2.66. The number of carbonyl (C=O) groups is 1. The van der Waals surface area contributed by atoms with Crippen molar-refractivity contribution in [3.05, 3.63) is 0 Å². The predicted octanol–water partition coefficient (Wildman–Crippen LogP) is 1.79. The molecule has 0 bridgehead atoms. The average molecular weight is 256 g/mol. The number of carbonyl (C=O) groups excluding carboxylic acids is 1. The normalized spacial score (nSPS) is 22.7. The Morgan fingerprint density at radius 3 is 2.83 bits per heavy atom. The molecule has 1 saturated heterocycles. The third-order valence-electron chi connectivity index (χ3n) is 3.67. The van der Waals surface area contributed by atoms with Crippen molar-refractivity contribution in [1.29, 1.82) is 0 Å². The molecule has 106 valence electrons. The zero-order valence-corrected chi connectivity index (χ0v) is 12.1. The monoisotopic (exact) mass is 256 g/mol. The van der Waals surface area contributed by atoms with Gasteiger partial charge in [0.25, 0.3) is 0 Å². The first-order valence-electron chi connectivity index (χ1n) is 7.37. The molecule has 18 heavy (non-hydrogen) atoms. The molecule has 2 unspecified atom stereocenters. The van der Waals surface area contributed by atoms with Crippen LogP contribution in [0.1, 0.15) is 46.5 Å². The lowest BCUT2D eigenvalue weighted by atomic mass is 10.0. The fraction of sp³-hybridized carbons (Fsp3) is 0.929. The lowest BCUT2D eigenvalue weighted by molar-refractivity contribution is -0.151. The molecule has 0 spiro atoms. The molecule has 1 N–H and O–H groups in total. The summed E-state index contributed by atoms with van der Waals surface area (Å²) < 4.78 is 5.19. The Hall–Kier alpha value is -0.610. The Kier molecular flexibility index (Phi) is 7.28. The SMILES string of the molecule is CCCCC(CC)N1CCNCC1C(=O)OCC. The van der Waals surface area contributed by atoms with Gasteiger partial charge in [0.05, 0.1) is 6.61 Å². The Morgan fingerprint density at radius 2 is 2.22 bits per heavy atom. The number of hydrogen-bond acceptors (Lipinski definition) is 4. The van der Waals surface area contributed by atoms with Crippen molar-refractivity contribution >= 4 is 5.97 Å². The quantitative estimate of drug-likeness (QED) is 0.705. The molecule has 0 amide bonds. The average Bonchev–Trinajstić information content (AvgIpc) is 2.40. The fourth-order valence-corrected chi connectivity index (χ4v) is 2.66. The molecule has 0 radical (unpaired) electrons. The van der Waals surface area contributed by atoms with Gasteiger partial charge in [-0.1, -0.05) is 26.7 Å². The van der Waals surface area contributed by atoms with Crippen LogP contribution in [0.4, 0.5) is 0 Å². The van der Waals surface area contributed by atoms with Crippen molar-refractivity contribution in [1.82, 2.24) is 10.2 Å². The van der Waals surface area contributed by atoms with E-state index in [0.29, 0.717) is 12.6 Å². The summed E-state index contributed by atoms with van der Waals surface area (Å²) in [5, 5.41) is 3.30. The molecule has 0 aromatic rings. The maximum absolute atomic E-state index is 12.0. The van der Waals surface area contributed by atoms with Gasteiger partial charge in [-0.2, -0.15) is 0 Å². The van der Waals surface area contributed by atoms with E-state index in [1.807, 2.05) is 6.92 Å². The standard InChI is InChI=1S/C14H28N2O2/c1-4-7-8-12(5-2)16-10-9-15-11-13(16)14(17)18-6-3/h12-13,15H,4-11H2,1-3H3. The van der Waals surface area contributed by atoms with E-state index in [1.165, 1.54) is 19.3 Å². The summed E-state index contributed by atoms with van der Waals surface area (Å²) in [6, 6.07) is 0.418. The molecule has 1 aliphatic heterocycles. The molecule has 0 aromatic carbocycles. The highest BCUT2D eigenvalue weighted by molar-refractivity contribution is 5.76. The minimum Gasteiger partial charge on any atom is -0.465 e. The number of nitrogens with one attached hydrogen (secondary N) is 1. The highest BCUT2D eigenvalue weighted by Gasteiger charge is 2.33. The van der Waals surface area contributed by atoms with Gasteiger partial charge in [0.15, 0.2) is 0 Å². The van der Waals surface area contributed by atoms with Gasteiger partial charge in [-0.15, -0.1) is 0 Å². The first-order chi connectivity index (χ1) is 8.74. The maximum atomic E-state index is 12.0. The van der Waals surface area contributed by atoms with Crippen LogP contribution in [-0.2, 0) is 9.53 Å². The summed E-state index contributed by atoms with van der Waals surface area (Å²) in [6.07, 6.45) is 4.74. The molecular weight excluding hydrogens is 228 g/mol. The zero-order valence-electron chi connectivity index (χ0n) is 12.1. The molecule has 0 aliphatic carbocycles. The number of unbranched alkanes of at least 4 members (excludes halogenated alkanes) is 1. The van der Waals surface area contributed by atoms with E-state index in [1.54, 1.807) is 0 Å². The summed E-state index contributed by atoms with van der Waals surface area (Å²) in [7, 11) is 0. The molecular formula is C14H28N2O2. The second-order valence-electron chi connectivity index (χ2n) is 4.91. The summed E-state index contributed by atoms with van der Waals surface area (Å²) in [6.45, 7) is 9.41. The molecule has 1 fully saturated rings. The lowest BCUT2D eigenvalue weighted by Gasteiger charge is -2.40. The van der Waals surface area contributed by atoms with Crippen LogP contribution in [0, 0.1) is 0 Å². The second kappa shape index (κ2) is 8.48. The smallest absolute Gasteiger partial charge is 0.324 e. The Labute approximate surface area is 111 Å². The lowest BCUT2D eigenvalue weighted by Crippen LogP contribution is -2.58. The minimum absolute atomic E-state index is 0.0698. The van der Waals surface area contributed by atoms with Gasteiger partial charge in [0.2, 0.25) is 0 Å². The summed E-state index contributed by atoms with van der Waals surface area (Å²) in [5.74, 6) is -0.0698. The van der Waals surface area contributed by atoms with E-state index in [0.717, 1.165) is 26.1 Å². The third-order valence-corrected chi connectivity index (χ3v) is 3.67. The Morgan fingerprint density at radius 1 is 1.44 bits per heavy atom. The van der Waals surface area contributed by atoms with Crippen LogP contribution in [0.2, 0.25) is 0 Å². The highest BCUT2D eigenvalue weighted by Crippen LogP contribution is 2.18. The van der Waals surface area contributed by atoms with Gasteiger partial charge in [0, 0.05) is 25.7 Å². The Balaban J connectivity index is 2.64. The highest BCUT2D eigenvalue weighted by atomic mass is 16.5. The molecule has 0 aromatic heterocycles. The van der Waals surface area contributed by atoms with Gasteiger partial charge in [0.1, 0.15) is 6.04 Å². The van der Waals surface area contributed by atoms with Gasteiger partial charge >= 0.3 is 5.97 Å². The summed E-state index contributed by atoms with van der Waals surface area (Å²) in [5.41, 5.74) is 0. The van der Waals surface area contributed by atoms with Crippen molar-refractivity contribution in [2.75, 3.05) is 26.2 Å². The van der Waals surface area contributed by atoms with Crippen molar-refractivity contribution in [2.24, 2.45) is 0 Å². The second-order valence-corrected chi connectivity index (χ2v) is 4.91. The first kappa shape index (κ1) is 15.4. The third kappa shape index (κ3) is 4.25. The molecule has 1 rings (SSSR count). The van der Waals surface area contributed by atoms with Gasteiger partial charge in [-0.3, -0.25) is 9.69 Å². The van der Waals surface area contributed by atoms with Crippen LogP contribution >= 0.6 is 0 Å². The zero-order chi connectivity index (χ0) is 13.4. The van der Waals surface area contributed by atoms with Gasteiger partial charge < -0.3 is 10.1 Å². The van der Waals surface area contributed by atoms with E-state index in [9.17, 15) is 4.79 Å². The van der Waals surface area contributed by atoms with E-state index >= 15 is 0 Å². The summed E-state index contributed by atoms with van der Waals surface area (Å²) >= 11 is 0. The van der Waals surface area contributed by atoms with Gasteiger partial charge in [-0.25, -0.2) is 0 Å². The molecule has 1 aliphatic rings. The van der Waals surface area contributed by atoms with Crippen molar-refractivity contribution < 1.29 is 9.53 Å². The van der Waals surface area contributed by atoms with Crippen LogP contribution in [0.25, 0.3) is 0 Å². The van der Waals surface area contributed by atoms with E-state index in [4.69, 9.17) is 4.74 Å². The largest absolute Gasteiger partial charge is 0.465 e. The van der Waals surface area contributed by atoms with Crippen LogP contribution in [0.3, 0.4) is 0 Å².